The molecule has 0 aliphatic heterocycles. The number of para-hydroxylation sites is 1. The monoisotopic (exact) mass is 250 g/mol. The normalized spacial score (nSPS) is 12.9. The molecule has 0 fully saturated rings. The molecule has 0 radical (unpaired) electrons. The van der Waals surface area contributed by atoms with Crippen molar-refractivity contribution in [2.75, 3.05) is 5.75 Å². The highest BCUT2D eigenvalue weighted by Gasteiger charge is 2.12. The van der Waals surface area contributed by atoms with Crippen LogP contribution in [0.2, 0.25) is 0 Å². The van der Waals surface area contributed by atoms with Gasteiger partial charge in [-0.15, -0.1) is 0 Å². The molecule has 0 saturated carbocycles. The lowest BCUT2D eigenvalue weighted by Crippen LogP contribution is -2.03. The zero-order chi connectivity index (χ0) is 12.4. The van der Waals surface area contributed by atoms with Gasteiger partial charge in [-0.25, -0.2) is 0 Å². The van der Waals surface area contributed by atoms with Crippen LogP contribution in [0.1, 0.15) is 25.5 Å². The number of rotatable bonds is 3. The van der Waals surface area contributed by atoms with Gasteiger partial charge in [0.1, 0.15) is 5.58 Å². The Balaban J connectivity index is 2.74. The van der Waals surface area contributed by atoms with Gasteiger partial charge in [-0.2, -0.15) is 0 Å². The Hall–Kier alpha value is -1.26. The lowest BCUT2D eigenvalue weighted by Gasteiger charge is -2.08. The van der Waals surface area contributed by atoms with Crippen LogP contribution in [-0.2, 0) is 0 Å². The Morgan fingerprint density at radius 3 is 2.88 bits per heavy atom. The smallest absolute Gasteiger partial charge is 0.193 e. The van der Waals surface area contributed by atoms with Gasteiger partial charge < -0.3 is 9.52 Å². The molecule has 1 aromatic heterocycles. The van der Waals surface area contributed by atoms with Crippen LogP contribution < -0.4 is 5.43 Å². The van der Waals surface area contributed by atoms with E-state index in [9.17, 15) is 9.90 Å². The SMILES string of the molecule is CCSc1cc(=O)c2cccc(C(C)O)c2o1. The van der Waals surface area contributed by atoms with Crippen molar-refractivity contribution in [1.29, 1.82) is 0 Å². The third-order valence-corrected chi connectivity index (χ3v) is 3.27. The number of thioether (sulfide) groups is 1. The first kappa shape index (κ1) is 12.2. The summed E-state index contributed by atoms with van der Waals surface area (Å²) in [7, 11) is 0. The molecule has 1 aromatic carbocycles. The predicted molar refractivity (Wildman–Crippen MR) is 69.5 cm³/mol. The molecule has 0 amide bonds. The molecule has 0 aliphatic rings. The van der Waals surface area contributed by atoms with Gasteiger partial charge in [-0.05, 0) is 18.7 Å². The Labute approximate surface area is 103 Å². The maximum Gasteiger partial charge on any atom is 0.193 e. The van der Waals surface area contributed by atoms with E-state index in [1.807, 2.05) is 6.92 Å². The minimum atomic E-state index is -0.649. The van der Waals surface area contributed by atoms with Gasteiger partial charge in [-0.3, -0.25) is 4.79 Å². The molecule has 2 aromatic rings. The van der Waals surface area contributed by atoms with Crippen LogP contribution in [0.3, 0.4) is 0 Å². The van der Waals surface area contributed by atoms with E-state index < -0.39 is 6.10 Å². The fourth-order valence-corrected chi connectivity index (χ4v) is 2.34. The van der Waals surface area contributed by atoms with Crippen molar-refractivity contribution in [3.05, 3.63) is 40.1 Å². The van der Waals surface area contributed by atoms with E-state index in [0.29, 0.717) is 21.6 Å². The number of benzene rings is 1. The highest BCUT2D eigenvalue weighted by atomic mass is 32.2. The number of hydrogen-bond acceptors (Lipinski definition) is 4. The summed E-state index contributed by atoms with van der Waals surface area (Å²) >= 11 is 1.48. The summed E-state index contributed by atoms with van der Waals surface area (Å²) in [6.07, 6.45) is -0.649. The third kappa shape index (κ3) is 2.37. The third-order valence-electron chi connectivity index (χ3n) is 2.50. The first-order valence-electron chi connectivity index (χ1n) is 5.51. The van der Waals surface area contributed by atoms with Crippen LogP contribution in [-0.4, -0.2) is 10.9 Å². The molecule has 90 valence electrons. The number of aliphatic hydroxyl groups excluding tert-OH is 1. The molecule has 1 heterocycles. The van der Waals surface area contributed by atoms with Gasteiger partial charge in [0.05, 0.1) is 11.5 Å². The van der Waals surface area contributed by atoms with Crippen LogP contribution in [0.5, 0.6) is 0 Å². The highest BCUT2D eigenvalue weighted by Crippen LogP contribution is 2.26. The first-order valence-corrected chi connectivity index (χ1v) is 6.49. The molecule has 17 heavy (non-hydrogen) atoms. The summed E-state index contributed by atoms with van der Waals surface area (Å²) in [5.74, 6) is 0.839. The van der Waals surface area contributed by atoms with E-state index in [1.165, 1.54) is 17.8 Å². The van der Waals surface area contributed by atoms with Crippen LogP contribution in [0, 0.1) is 0 Å². The van der Waals surface area contributed by atoms with Gasteiger partial charge in [0.15, 0.2) is 10.5 Å². The molecule has 1 N–H and O–H groups in total. The maximum atomic E-state index is 11.9. The largest absolute Gasteiger partial charge is 0.449 e. The van der Waals surface area contributed by atoms with E-state index in [1.54, 1.807) is 25.1 Å². The number of hydrogen-bond donors (Lipinski definition) is 1. The molecule has 0 saturated heterocycles. The average molecular weight is 250 g/mol. The van der Waals surface area contributed by atoms with E-state index >= 15 is 0 Å². The summed E-state index contributed by atoms with van der Waals surface area (Å²) in [4.78, 5) is 11.9. The molecule has 0 bridgehead atoms. The van der Waals surface area contributed by atoms with Gasteiger partial charge >= 0.3 is 0 Å². The average Bonchev–Trinajstić information content (AvgIpc) is 2.28. The minimum Gasteiger partial charge on any atom is -0.449 e. The second-order valence-electron chi connectivity index (χ2n) is 3.76. The summed E-state index contributed by atoms with van der Waals surface area (Å²) in [5.41, 5.74) is 1.08. The van der Waals surface area contributed by atoms with Gasteiger partial charge in [0, 0.05) is 11.6 Å². The summed E-state index contributed by atoms with van der Waals surface area (Å²) in [6.45, 7) is 3.66. The molecule has 0 aliphatic carbocycles. The van der Waals surface area contributed by atoms with E-state index in [2.05, 4.69) is 0 Å². The van der Waals surface area contributed by atoms with Crippen LogP contribution in [0.15, 0.2) is 38.6 Å². The quantitative estimate of drug-likeness (QED) is 0.851. The number of aliphatic hydroxyl groups is 1. The lowest BCUT2D eigenvalue weighted by molar-refractivity contribution is 0.199. The lowest BCUT2D eigenvalue weighted by atomic mass is 10.1. The Morgan fingerprint density at radius 2 is 2.24 bits per heavy atom. The summed E-state index contributed by atoms with van der Waals surface area (Å²) in [6, 6.07) is 6.75. The summed E-state index contributed by atoms with van der Waals surface area (Å²) < 4.78 is 5.68. The van der Waals surface area contributed by atoms with E-state index in [-0.39, 0.29) is 5.43 Å². The van der Waals surface area contributed by atoms with Crippen molar-refractivity contribution >= 4 is 22.7 Å². The second kappa shape index (κ2) is 4.94. The Kier molecular flexibility index (Phi) is 3.54. The van der Waals surface area contributed by atoms with Gasteiger partial charge in [0.25, 0.3) is 0 Å². The second-order valence-corrected chi connectivity index (χ2v) is 5.03. The van der Waals surface area contributed by atoms with Gasteiger partial charge in [0.2, 0.25) is 0 Å². The first-order chi connectivity index (χ1) is 8.13. The zero-order valence-corrected chi connectivity index (χ0v) is 10.6. The van der Waals surface area contributed by atoms with Crippen molar-refractivity contribution in [2.45, 2.75) is 25.0 Å². The standard InChI is InChI=1S/C13H14O3S/c1-3-17-12-7-11(15)10-6-4-5-9(8(2)14)13(10)16-12/h4-8,14H,3H2,1-2H3. The molecular formula is C13H14O3S. The molecule has 0 spiro atoms. The molecular weight excluding hydrogens is 236 g/mol. The predicted octanol–water partition coefficient (Wildman–Crippen LogP) is 2.96. The Bertz CT molecular complexity index is 587. The summed E-state index contributed by atoms with van der Waals surface area (Å²) in [5, 5.41) is 10.8. The van der Waals surface area contributed by atoms with Crippen molar-refractivity contribution in [3.63, 3.8) is 0 Å². The highest BCUT2D eigenvalue weighted by molar-refractivity contribution is 7.99. The Morgan fingerprint density at radius 1 is 1.47 bits per heavy atom. The zero-order valence-electron chi connectivity index (χ0n) is 9.77. The van der Waals surface area contributed by atoms with E-state index in [4.69, 9.17) is 4.42 Å². The number of fused-ring (bicyclic) bond motifs is 1. The fraction of sp³-hybridized carbons (Fsp3) is 0.308. The maximum absolute atomic E-state index is 11.9. The van der Waals surface area contributed by atoms with Crippen molar-refractivity contribution in [1.82, 2.24) is 0 Å². The van der Waals surface area contributed by atoms with Crippen molar-refractivity contribution in [2.24, 2.45) is 0 Å². The molecule has 4 heteroatoms. The van der Waals surface area contributed by atoms with Gasteiger partial charge in [-0.1, -0.05) is 30.8 Å². The molecule has 1 unspecified atom stereocenters. The van der Waals surface area contributed by atoms with Crippen LogP contribution in [0.25, 0.3) is 11.0 Å². The molecule has 2 rings (SSSR count). The van der Waals surface area contributed by atoms with Crippen molar-refractivity contribution in [3.8, 4) is 0 Å². The van der Waals surface area contributed by atoms with Crippen molar-refractivity contribution < 1.29 is 9.52 Å². The van der Waals surface area contributed by atoms with E-state index in [0.717, 1.165) is 5.75 Å². The fourth-order valence-electron chi connectivity index (χ4n) is 1.72. The minimum absolute atomic E-state index is 0.0651. The topological polar surface area (TPSA) is 50.4 Å². The van der Waals surface area contributed by atoms with Crippen LogP contribution >= 0.6 is 11.8 Å². The molecule has 1 atom stereocenters. The molecule has 3 nitrogen and oxygen atoms in total. The van der Waals surface area contributed by atoms with Crippen LogP contribution in [0.4, 0.5) is 0 Å².